The number of rotatable bonds is 5. The van der Waals surface area contributed by atoms with Gasteiger partial charge >= 0.3 is 0 Å². The van der Waals surface area contributed by atoms with Crippen LogP contribution >= 0.6 is 0 Å². The van der Waals surface area contributed by atoms with Crippen molar-refractivity contribution < 1.29 is 14.3 Å². The van der Waals surface area contributed by atoms with Gasteiger partial charge in [-0.3, -0.25) is 4.79 Å². The van der Waals surface area contributed by atoms with Crippen molar-refractivity contribution >= 4 is 11.7 Å². The molecule has 2 heterocycles. The lowest BCUT2D eigenvalue weighted by atomic mass is 10.1. The lowest BCUT2D eigenvalue weighted by molar-refractivity contribution is 0.102. The Bertz CT molecular complexity index is 954. The fraction of sp³-hybridized carbons (Fsp3) is 0.111. The molecule has 130 valence electrons. The van der Waals surface area contributed by atoms with E-state index in [1.54, 1.807) is 42.6 Å². The number of ether oxygens (including phenoxy) is 2. The molecular formula is C18H15N5O3. The van der Waals surface area contributed by atoms with Gasteiger partial charge < -0.3 is 14.8 Å². The summed E-state index contributed by atoms with van der Waals surface area (Å²) in [6.45, 7) is 0. The van der Waals surface area contributed by atoms with E-state index in [0.29, 0.717) is 17.3 Å². The molecule has 0 saturated carbocycles. The molecule has 0 aliphatic rings. The van der Waals surface area contributed by atoms with E-state index in [1.807, 2.05) is 6.07 Å². The van der Waals surface area contributed by atoms with Crippen molar-refractivity contribution in [1.29, 1.82) is 5.26 Å². The number of amides is 1. The molecule has 1 N–H and O–H groups in total. The summed E-state index contributed by atoms with van der Waals surface area (Å²) >= 11 is 0. The molecule has 8 nitrogen and oxygen atoms in total. The Hall–Kier alpha value is -3.86. The number of carbonyl (C=O) groups is 1. The van der Waals surface area contributed by atoms with Crippen molar-refractivity contribution in [1.82, 2.24) is 14.8 Å². The van der Waals surface area contributed by atoms with Crippen LogP contribution in [-0.4, -0.2) is 34.9 Å². The van der Waals surface area contributed by atoms with E-state index in [4.69, 9.17) is 9.47 Å². The molecule has 0 spiro atoms. The first-order valence-corrected chi connectivity index (χ1v) is 7.61. The third-order valence-corrected chi connectivity index (χ3v) is 3.64. The number of nitrogens with zero attached hydrogens (tertiary/aromatic N) is 4. The molecule has 0 saturated heterocycles. The van der Waals surface area contributed by atoms with Gasteiger partial charge in [-0.05, 0) is 24.3 Å². The van der Waals surface area contributed by atoms with E-state index >= 15 is 0 Å². The minimum Gasteiger partial charge on any atom is -0.496 e. The third-order valence-electron chi connectivity index (χ3n) is 3.64. The SMILES string of the molecule is COc1cccc(OC)c1C(=O)Nc1c(C#N)cnn1-c1ccccn1. The Morgan fingerprint density at radius 2 is 1.88 bits per heavy atom. The van der Waals surface area contributed by atoms with Gasteiger partial charge in [0.2, 0.25) is 0 Å². The number of anilines is 1. The Morgan fingerprint density at radius 1 is 1.15 bits per heavy atom. The molecule has 0 aliphatic carbocycles. The molecule has 0 fully saturated rings. The number of nitriles is 1. The summed E-state index contributed by atoms with van der Waals surface area (Å²) in [5.74, 6) is 0.891. The number of pyridine rings is 1. The molecule has 0 unspecified atom stereocenters. The molecule has 0 radical (unpaired) electrons. The monoisotopic (exact) mass is 349 g/mol. The number of hydrogen-bond acceptors (Lipinski definition) is 6. The summed E-state index contributed by atoms with van der Waals surface area (Å²) in [5, 5.41) is 16.2. The van der Waals surface area contributed by atoms with Gasteiger partial charge in [-0.25, -0.2) is 4.98 Å². The molecule has 8 heteroatoms. The summed E-state index contributed by atoms with van der Waals surface area (Å²) in [4.78, 5) is 17.1. The Morgan fingerprint density at radius 3 is 2.46 bits per heavy atom. The highest BCUT2D eigenvalue weighted by atomic mass is 16.5. The van der Waals surface area contributed by atoms with Crippen LogP contribution in [0.3, 0.4) is 0 Å². The largest absolute Gasteiger partial charge is 0.496 e. The van der Waals surface area contributed by atoms with E-state index in [0.717, 1.165) is 0 Å². The van der Waals surface area contributed by atoms with Crippen molar-refractivity contribution in [2.75, 3.05) is 19.5 Å². The van der Waals surface area contributed by atoms with Crippen molar-refractivity contribution in [2.24, 2.45) is 0 Å². The third kappa shape index (κ3) is 3.06. The number of nitrogens with one attached hydrogen (secondary N) is 1. The Balaban J connectivity index is 2.04. The van der Waals surface area contributed by atoms with Crippen molar-refractivity contribution in [3.63, 3.8) is 0 Å². The first kappa shape index (κ1) is 17.0. The predicted octanol–water partition coefficient (Wildman–Crippen LogP) is 2.41. The lowest BCUT2D eigenvalue weighted by Gasteiger charge is -2.14. The zero-order valence-electron chi connectivity index (χ0n) is 14.1. The zero-order chi connectivity index (χ0) is 18.5. The summed E-state index contributed by atoms with van der Waals surface area (Å²) in [7, 11) is 2.93. The maximum Gasteiger partial charge on any atom is 0.264 e. The van der Waals surface area contributed by atoms with Crippen LogP contribution < -0.4 is 14.8 Å². The molecule has 3 aromatic rings. The van der Waals surface area contributed by atoms with Crippen molar-refractivity contribution in [2.45, 2.75) is 0 Å². The summed E-state index contributed by atoms with van der Waals surface area (Å²) in [6, 6.07) is 12.3. The fourth-order valence-corrected chi connectivity index (χ4v) is 2.45. The molecule has 1 amide bonds. The van der Waals surface area contributed by atoms with Crippen molar-refractivity contribution in [3.05, 3.63) is 59.9 Å². The van der Waals surface area contributed by atoms with Crippen LogP contribution in [0.15, 0.2) is 48.8 Å². The van der Waals surface area contributed by atoms with E-state index in [2.05, 4.69) is 15.4 Å². The summed E-state index contributed by atoms with van der Waals surface area (Å²) in [5.41, 5.74) is 0.424. The molecular weight excluding hydrogens is 334 g/mol. The number of benzene rings is 1. The van der Waals surface area contributed by atoms with Crippen LogP contribution in [0, 0.1) is 11.3 Å². The lowest BCUT2D eigenvalue weighted by Crippen LogP contribution is -2.18. The molecule has 1 aromatic carbocycles. The Kier molecular flexibility index (Phi) is 4.80. The predicted molar refractivity (Wildman–Crippen MR) is 93.6 cm³/mol. The van der Waals surface area contributed by atoms with Crippen LogP contribution in [-0.2, 0) is 0 Å². The van der Waals surface area contributed by atoms with E-state index in [-0.39, 0.29) is 16.9 Å². The van der Waals surface area contributed by atoms with Gasteiger partial charge in [0.1, 0.15) is 28.7 Å². The molecule has 3 rings (SSSR count). The van der Waals surface area contributed by atoms with Crippen LogP contribution in [0.4, 0.5) is 5.82 Å². The molecule has 26 heavy (non-hydrogen) atoms. The zero-order valence-corrected chi connectivity index (χ0v) is 14.1. The molecule has 0 atom stereocenters. The highest BCUT2D eigenvalue weighted by Gasteiger charge is 2.22. The minimum atomic E-state index is -0.492. The smallest absolute Gasteiger partial charge is 0.264 e. The van der Waals surface area contributed by atoms with Crippen LogP contribution in [0.1, 0.15) is 15.9 Å². The number of aromatic nitrogens is 3. The summed E-state index contributed by atoms with van der Waals surface area (Å²) < 4.78 is 11.9. The Labute approximate surface area is 149 Å². The van der Waals surface area contributed by atoms with Gasteiger partial charge in [-0.15, -0.1) is 0 Å². The van der Waals surface area contributed by atoms with Gasteiger partial charge in [-0.1, -0.05) is 12.1 Å². The minimum absolute atomic E-state index is 0.206. The second-order valence-corrected chi connectivity index (χ2v) is 5.11. The van der Waals surface area contributed by atoms with Crippen LogP contribution in [0.5, 0.6) is 11.5 Å². The van der Waals surface area contributed by atoms with Gasteiger partial charge in [-0.2, -0.15) is 15.0 Å². The second kappa shape index (κ2) is 7.36. The average molecular weight is 349 g/mol. The van der Waals surface area contributed by atoms with Crippen LogP contribution in [0.25, 0.3) is 5.82 Å². The standard InChI is InChI=1S/C18H15N5O3/c1-25-13-6-5-7-14(26-2)16(13)18(24)22-17-12(10-19)11-21-23(17)15-8-3-4-9-20-15/h3-9,11H,1-2H3,(H,22,24). The maximum atomic E-state index is 12.9. The van der Waals surface area contributed by atoms with Gasteiger partial charge in [0.25, 0.3) is 5.91 Å². The highest BCUT2D eigenvalue weighted by Crippen LogP contribution is 2.29. The normalized spacial score (nSPS) is 10.0. The fourth-order valence-electron chi connectivity index (χ4n) is 2.45. The van der Waals surface area contributed by atoms with E-state index in [1.165, 1.54) is 25.1 Å². The van der Waals surface area contributed by atoms with E-state index < -0.39 is 5.91 Å². The van der Waals surface area contributed by atoms with Gasteiger partial charge in [0, 0.05) is 6.20 Å². The van der Waals surface area contributed by atoms with Crippen LogP contribution in [0.2, 0.25) is 0 Å². The quantitative estimate of drug-likeness (QED) is 0.759. The van der Waals surface area contributed by atoms with E-state index in [9.17, 15) is 10.1 Å². The van der Waals surface area contributed by atoms with Gasteiger partial charge in [0.15, 0.2) is 11.6 Å². The number of methoxy groups -OCH3 is 2. The topological polar surface area (TPSA) is 102 Å². The first-order chi connectivity index (χ1) is 12.7. The second-order valence-electron chi connectivity index (χ2n) is 5.11. The number of carbonyl (C=O) groups excluding carboxylic acids is 1. The molecule has 0 bridgehead atoms. The first-order valence-electron chi connectivity index (χ1n) is 7.61. The number of hydrogen-bond donors (Lipinski definition) is 1. The highest BCUT2D eigenvalue weighted by molar-refractivity contribution is 6.08. The van der Waals surface area contributed by atoms with Crippen molar-refractivity contribution in [3.8, 4) is 23.4 Å². The summed E-state index contributed by atoms with van der Waals surface area (Å²) in [6.07, 6.45) is 2.96. The molecule has 2 aromatic heterocycles. The van der Waals surface area contributed by atoms with Gasteiger partial charge in [0.05, 0.1) is 20.4 Å². The molecule has 0 aliphatic heterocycles. The average Bonchev–Trinajstić information content (AvgIpc) is 3.10. The maximum absolute atomic E-state index is 12.9.